The largest absolute Gasteiger partial charge is 0.240 e. The second kappa shape index (κ2) is 6.27. The second-order valence-corrected chi connectivity index (χ2v) is 3.94. The number of benzene rings is 2. The third kappa shape index (κ3) is 3.36. The summed E-state index contributed by atoms with van der Waals surface area (Å²) in [5.74, 6) is 2.50. The zero-order valence-electron chi connectivity index (χ0n) is 10.3. The van der Waals surface area contributed by atoms with Crippen LogP contribution in [-0.2, 0) is 11.2 Å². The minimum Gasteiger partial charge on any atom is -0.211 e. The maximum Gasteiger partial charge on any atom is 0.240 e. The van der Waals surface area contributed by atoms with Crippen molar-refractivity contribution in [3.05, 3.63) is 66.2 Å². The molecule has 3 heteroatoms. The summed E-state index contributed by atoms with van der Waals surface area (Å²) in [4.78, 5) is 18.1. The Labute approximate surface area is 111 Å². The molecule has 0 radical (unpaired) electrons. The van der Waals surface area contributed by atoms with E-state index < -0.39 is 0 Å². The zero-order valence-corrected chi connectivity index (χ0v) is 10.3. The van der Waals surface area contributed by atoms with Crippen LogP contribution < -0.4 is 0 Å². The fourth-order valence-electron chi connectivity index (χ4n) is 1.82. The molecule has 92 valence electrons. The van der Waals surface area contributed by atoms with Crippen molar-refractivity contribution in [2.45, 2.75) is 6.42 Å². The van der Waals surface area contributed by atoms with Gasteiger partial charge in [0.25, 0.3) is 0 Å². The highest BCUT2D eigenvalue weighted by molar-refractivity contribution is 5.57. The number of isocyanates is 1. The van der Waals surface area contributed by atoms with Crippen LogP contribution in [0.3, 0.4) is 0 Å². The van der Waals surface area contributed by atoms with Gasteiger partial charge in [0.05, 0.1) is 11.4 Å². The lowest BCUT2D eigenvalue weighted by Crippen LogP contribution is -1.88. The molecule has 0 aliphatic carbocycles. The van der Waals surface area contributed by atoms with Crippen molar-refractivity contribution in [2.75, 3.05) is 0 Å². The van der Waals surface area contributed by atoms with Gasteiger partial charge in [-0.05, 0) is 48.2 Å². The van der Waals surface area contributed by atoms with Gasteiger partial charge in [-0.2, -0.15) is 4.99 Å². The van der Waals surface area contributed by atoms with Gasteiger partial charge in [-0.15, -0.1) is 0 Å². The van der Waals surface area contributed by atoms with Gasteiger partial charge >= 0.3 is 0 Å². The molecular weight excluding hydrogens is 236 g/mol. The van der Waals surface area contributed by atoms with Crippen molar-refractivity contribution in [3.8, 4) is 0 Å². The third-order valence-electron chi connectivity index (χ3n) is 2.70. The van der Waals surface area contributed by atoms with E-state index in [-0.39, 0.29) is 0 Å². The Morgan fingerprint density at radius 1 is 1.00 bits per heavy atom. The third-order valence-corrected chi connectivity index (χ3v) is 2.70. The standard InChI is InChI=1S/C16H12N2O/c1-2-17-15-9-7-13(8-10-15)11-14-5-3-4-6-16(14)18-12-19/h3-10H,1,11H2. The molecule has 3 nitrogen and oxygen atoms in total. The Morgan fingerprint density at radius 3 is 2.42 bits per heavy atom. The summed E-state index contributed by atoms with van der Waals surface area (Å²) < 4.78 is 0. The highest BCUT2D eigenvalue weighted by Gasteiger charge is 2.02. The number of hydrogen-bond donors (Lipinski definition) is 0. The fraction of sp³-hybridized carbons (Fsp3) is 0.0625. The Balaban J connectivity index is 2.26. The van der Waals surface area contributed by atoms with E-state index in [1.807, 2.05) is 42.5 Å². The number of carbonyl (C=O) groups excluding carboxylic acids is 1. The molecule has 2 aromatic rings. The monoisotopic (exact) mass is 248 g/mol. The van der Waals surface area contributed by atoms with Gasteiger partial charge in [0.2, 0.25) is 6.08 Å². The first-order valence-electron chi connectivity index (χ1n) is 5.81. The molecule has 0 fully saturated rings. The van der Waals surface area contributed by atoms with E-state index in [1.54, 1.807) is 12.1 Å². The van der Waals surface area contributed by atoms with Crippen molar-refractivity contribution >= 4 is 23.3 Å². The summed E-state index contributed by atoms with van der Waals surface area (Å²) in [5.41, 5.74) is 3.59. The van der Waals surface area contributed by atoms with Crippen LogP contribution in [0.15, 0.2) is 65.1 Å². The molecule has 0 amide bonds. The van der Waals surface area contributed by atoms with E-state index >= 15 is 0 Å². The Kier molecular flexibility index (Phi) is 4.20. The Morgan fingerprint density at radius 2 is 1.74 bits per heavy atom. The van der Waals surface area contributed by atoms with Gasteiger partial charge in [0.15, 0.2) is 0 Å². The lowest BCUT2D eigenvalue weighted by Gasteiger charge is -2.04. The first kappa shape index (κ1) is 12.7. The number of nitrogens with zero attached hydrogens (tertiary/aromatic N) is 2. The topological polar surface area (TPSA) is 41.8 Å². The van der Waals surface area contributed by atoms with Crippen LogP contribution in [0.4, 0.5) is 11.4 Å². The normalized spacial score (nSPS) is 9.26. The Bertz CT molecular complexity index is 661. The molecule has 0 aliphatic heterocycles. The van der Waals surface area contributed by atoms with Crippen molar-refractivity contribution < 1.29 is 4.79 Å². The highest BCUT2D eigenvalue weighted by Crippen LogP contribution is 2.22. The predicted octanol–water partition coefficient (Wildman–Crippen LogP) is 3.73. The molecule has 0 N–H and O–H groups in total. The molecule has 0 aromatic heterocycles. The van der Waals surface area contributed by atoms with Gasteiger partial charge in [-0.25, -0.2) is 9.79 Å². The predicted molar refractivity (Wildman–Crippen MR) is 76.2 cm³/mol. The van der Waals surface area contributed by atoms with Crippen LogP contribution in [0, 0.1) is 0 Å². The molecule has 0 unspecified atom stereocenters. The van der Waals surface area contributed by atoms with E-state index in [0.717, 1.165) is 16.8 Å². The van der Waals surface area contributed by atoms with Crippen molar-refractivity contribution in [2.24, 2.45) is 9.98 Å². The lowest BCUT2D eigenvalue weighted by molar-refractivity contribution is 0.565. The molecule has 2 aromatic carbocycles. The van der Waals surface area contributed by atoms with E-state index in [2.05, 4.69) is 22.4 Å². The summed E-state index contributed by atoms with van der Waals surface area (Å²) in [6.07, 6.45) is 2.29. The smallest absolute Gasteiger partial charge is 0.211 e. The van der Waals surface area contributed by atoms with Crippen LogP contribution in [0.1, 0.15) is 11.1 Å². The summed E-state index contributed by atoms with van der Waals surface area (Å²) in [5, 5.41) is 0. The van der Waals surface area contributed by atoms with Crippen molar-refractivity contribution in [3.63, 3.8) is 0 Å². The summed E-state index contributed by atoms with van der Waals surface area (Å²) >= 11 is 0. The van der Waals surface area contributed by atoms with Crippen LogP contribution >= 0.6 is 0 Å². The number of aliphatic imine (C=N–C) groups is 2. The molecule has 2 rings (SSSR count). The highest BCUT2D eigenvalue weighted by atomic mass is 16.1. The maximum atomic E-state index is 10.4. The molecule has 0 spiro atoms. The number of rotatable bonds is 4. The second-order valence-electron chi connectivity index (χ2n) is 3.94. The van der Waals surface area contributed by atoms with Crippen LogP contribution in [0.2, 0.25) is 0 Å². The molecule has 0 aliphatic rings. The minimum absolute atomic E-state index is 0.658. The fourth-order valence-corrected chi connectivity index (χ4v) is 1.82. The van der Waals surface area contributed by atoms with E-state index in [1.165, 1.54) is 0 Å². The SMILES string of the molecule is C=C=Nc1ccc(Cc2ccccc2N=C=O)cc1. The van der Waals surface area contributed by atoms with Gasteiger partial charge < -0.3 is 0 Å². The molecule has 0 atom stereocenters. The quantitative estimate of drug-likeness (QED) is 0.600. The van der Waals surface area contributed by atoms with E-state index in [9.17, 15) is 4.79 Å². The van der Waals surface area contributed by atoms with Crippen molar-refractivity contribution in [1.82, 2.24) is 0 Å². The van der Waals surface area contributed by atoms with Gasteiger partial charge in [-0.1, -0.05) is 30.3 Å². The maximum absolute atomic E-state index is 10.4. The minimum atomic E-state index is 0.658. The summed E-state index contributed by atoms with van der Waals surface area (Å²) in [6.45, 7) is 3.44. The number of hydrogen-bond acceptors (Lipinski definition) is 3. The van der Waals surface area contributed by atoms with Gasteiger partial charge in [0, 0.05) is 0 Å². The van der Waals surface area contributed by atoms with E-state index in [0.29, 0.717) is 12.1 Å². The summed E-state index contributed by atoms with van der Waals surface area (Å²) in [7, 11) is 0. The van der Waals surface area contributed by atoms with Crippen molar-refractivity contribution in [1.29, 1.82) is 0 Å². The zero-order chi connectivity index (χ0) is 13.5. The molecule has 0 saturated heterocycles. The lowest BCUT2D eigenvalue weighted by atomic mass is 10.0. The summed E-state index contributed by atoms with van der Waals surface area (Å²) in [6, 6.07) is 15.3. The number of para-hydroxylation sites is 1. The molecule has 0 saturated carbocycles. The molecule has 0 bridgehead atoms. The first-order chi connectivity index (χ1) is 9.33. The Hall–Kier alpha value is -2.73. The molecule has 19 heavy (non-hydrogen) atoms. The van der Waals surface area contributed by atoms with Gasteiger partial charge in [0.1, 0.15) is 0 Å². The first-order valence-corrected chi connectivity index (χ1v) is 5.81. The molecule has 0 heterocycles. The average molecular weight is 248 g/mol. The van der Waals surface area contributed by atoms with Crippen LogP contribution in [0.5, 0.6) is 0 Å². The van der Waals surface area contributed by atoms with E-state index in [4.69, 9.17) is 0 Å². The molecular formula is C16H12N2O. The van der Waals surface area contributed by atoms with Crippen LogP contribution in [0.25, 0.3) is 0 Å². The van der Waals surface area contributed by atoms with Crippen LogP contribution in [-0.4, -0.2) is 11.9 Å². The van der Waals surface area contributed by atoms with Gasteiger partial charge in [-0.3, -0.25) is 0 Å². The average Bonchev–Trinajstić information content (AvgIpc) is 2.44.